The minimum absolute atomic E-state index is 0.0216. The lowest BCUT2D eigenvalue weighted by atomic mass is 10.1. The van der Waals surface area contributed by atoms with Gasteiger partial charge in [-0.1, -0.05) is 18.5 Å². The zero-order valence-electron chi connectivity index (χ0n) is 10.6. The molecule has 1 heterocycles. The lowest BCUT2D eigenvalue weighted by Crippen LogP contribution is -2.10. The Kier molecular flexibility index (Phi) is 4.55. The van der Waals surface area contributed by atoms with Crippen molar-refractivity contribution < 1.29 is 13.2 Å². The third-order valence-electron chi connectivity index (χ3n) is 2.64. The van der Waals surface area contributed by atoms with E-state index in [2.05, 4.69) is 10.3 Å². The molecular weight excluding hydrogens is 309 g/mol. The van der Waals surface area contributed by atoms with Crippen molar-refractivity contribution in [3.05, 3.63) is 44.9 Å². The summed E-state index contributed by atoms with van der Waals surface area (Å²) in [6, 6.07) is 3.70. The fraction of sp³-hybridized carbons (Fsp3) is 0.308. The molecule has 108 valence electrons. The predicted molar refractivity (Wildman–Crippen MR) is 75.3 cm³/mol. The highest BCUT2D eigenvalue weighted by Gasteiger charge is 2.33. The first-order valence-corrected chi connectivity index (χ1v) is 7.13. The molecule has 2 nitrogen and oxygen atoms in total. The van der Waals surface area contributed by atoms with Crippen molar-refractivity contribution in [2.45, 2.75) is 26.1 Å². The monoisotopic (exact) mass is 320 g/mol. The van der Waals surface area contributed by atoms with E-state index >= 15 is 0 Å². The maximum absolute atomic E-state index is 12.9. The molecule has 7 heteroatoms. The summed E-state index contributed by atoms with van der Waals surface area (Å²) in [5, 5.41) is 3.82. The van der Waals surface area contributed by atoms with Gasteiger partial charge < -0.3 is 5.32 Å². The molecule has 2 aromatic rings. The predicted octanol–water partition coefficient (Wildman–Crippen LogP) is 4.99. The first-order valence-electron chi connectivity index (χ1n) is 5.94. The van der Waals surface area contributed by atoms with Gasteiger partial charge in [0.1, 0.15) is 0 Å². The van der Waals surface area contributed by atoms with Crippen molar-refractivity contribution in [1.29, 1.82) is 0 Å². The van der Waals surface area contributed by atoms with Gasteiger partial charge in [0.2, 0.25) is 0 Å². The summed E-state index contributed by atoms with van der Waals surface area (Å²) in [6.07, 6.45) is -1.94. The number of halogens is 4. The Balaban J connectivity index is 2.17. The second kappa shape index (κ2) is 6.01. The molecule has 2 rings (SSSR count). The maximum atomic E-state index is 12.9. The van der Waals surface area contributed by atoms with Gasteiger partial charge in [-0.25, -0.2) is 4.98 Å². The smallest absolute Gasteiger partial charge is 0.380 e. The van der Waals surface area contributed by atoms with Crippen LogP contribution in [0.25, 0.3) is 0 Å². The van der Waals surface area contributed by atoms with Crippen LogP contribution in [0.2, 0.25) is 5.02 Å². The average Bonchev–Trinajstić information content (AvgIpc) is 2.84. The summed E-state index contributed by atoms with van der Waals surface area (Å²) >= 11 is 7.11. The number of hydrogen-bond donors (Lipinski definition) is 1. The zero-order chi connectivity index (χ0) is 14.8. The Morgan fingerprint density at radius 1 is 1.35 bits per heavy atom. The van der Waals surface area contributed by atoms with Gasteiger partial charge in [-0.3, -0.25) is 0 Å². The van der Waals surface area contributed by atoms with Crippen molar-refractivity contribution in [2.75, 3.05) is 5.32 Å². The molecule has 1 aromatic heterocycles. The number of nitrogens with one attached hydrogen (secondary N) is 1. The lowest BCUT2D eigenvalue weighted by molar-refractivity contribution is -0.136. The summed E-state index contributed by atoms with van der Waals surface area (Å²) in [5.41, 5.74) is -0.737. The van der Waals surface area contributed by atoms with Crippen LogP contribution in [0, 0.1) is 0 Å². The number of benzene rings is 1. The van der Waals surface area contributed by atoms with Gasteiger partial charge in [-0.15, -0.1) is 11.3 Å². The fourth-order valence-electron chi connectivity index (χ4n) is 1.68. The molecule has 0 radical (unpaired) electrons. The molecule has 0 aliphatic carbocycles. The number of rotatable bonds is 4. The highest BCUT2D eigenvalue weighted by atomic mass is 35.5. The minimum atomic E-state index is -4.44. The van der Waals surface area contributed by atoms with E-state index in [1.807, 2.05) is 6.92 Å². The van der Waals surface area contributed by atoms with E-state index in [9.17, 15) is 13.2 Å². The van der Waals surface area contributed by atoms with Crippen LogP contribution in [-0.2, 0) is 19.1 Å². The highest BCUT2D eigenvalue weighted by molar-refractivity contribution is 7.11. The van der Waals surface area contributed by atoms with Crippen LogP contribution in [0.1, 0.15) is 22.4 Å². The summed E-state index contributed by atoms with van der Waals surface area (Å²) in [6.45, 7) is 2.29. The van der Waals surface area contributed by atoms with Crippen molar-refractivity contribution in [2.24, 2.45) is 0 Å². The first kappa shape index (κ1) is 15.1. The van der Waals surface area contributed by atoms with Crippen molar-refractivity contribution in [3.8, 4) is 0 Å². The Labute approximate surface area is 123 Å². The number of alkyl halides is 3. The number of aromatic nitrogens is 1. The molecule has 0 saturated carbocycles. The zero-order valence-corrected chi connectivity index (χ0v) is 12.2. The van der Waals surface area contributed by atoms with Crippen LogP contribution in [0.3, 0.4) is 0 Å². The highest BCUT2D eigenvalue weighted by Crippen LogP contribution is 2.36. The molecule has 1 aromatic carbocycles. The standard InChI is InChI=1S/C13H12ClF3N2S/c1-2-12-19-7-9(20-12)6-18-11-4-3-8(14)5-10(11)13(15,16)17/h3-5,7,18H,2,6H2,1H3. The second-order valence-corrected chi connectivity index (χ2v) is 5.75. The van der Waals surface area contributed by atoms with E-state index in [1.165, 1.54) is 23.5 Å². The first-order chi connectivity index (χ1) is 9.40. The molecule has 0 saturated heterocycles. The number of thiazole rings is 1. The molecule has 0 atom stereocenters. The van der Waals surface area contributed by atoms with E-state index < -0.39 is 11.7 Å². The molecule has 0 unspecified atom stereocenters. The second-order valence-electron chi connectivity index (χ2n) is 4.12. The molecule has 20 heavy (non-hydrogen) atoms. The van der Waals surface area contributed by atoms with Crippen molar-refractivity contribution in [1.82, 2.24) is 4.98 Å². The van der Waals surface area contributed by atoms with E-state index in [0.717, 1.165) is 22.4 Å². The van der Waals surface area contributed by atoms with Crippen molar-refractivity contribution >= 4 is 28.6 Å². The Bertz CT molecular complexity index is 596. The number of aryl methyl sites for hydroxylation is 1. The van der Waals surface area contributed by atoms with Crippen LogP contribution in [0.5, 0.6) is 0 Å². The average molecular weight is 321 g/mol. The summed E-state index contributed by atoms with van der Waals surface area (Å²) in [7, 11) is 0. The lowest BCUT2D eigenvalue weighted by Gasteiger charge is -2.14. The summed E-state index contributed by atoms with van der Waals surface area (Å²) < 4.78 is 38.7. The molecular formula is C13H12ClF3N2S. The Morgan fingerprint density at radius 3 is 2.70 bits per heavy atom. The largest absolute Gasteiger partial charge is 0.418 e. The molecule has 0 amide bonds. The summed E-state index contributed by atoms with van der Waals surface area (Å²) in [5.74, 6) is 0. The van der Waals surface area contributed by atoms with Crippen LogP contribution in [0.15, 0.2) is 24.4 Å². The normalized spacial score (nSPS) is 11.7. The topological polar surface area (TPSA) is 24.9 Å². The van der Waals surface area contributed by atoms with Crippen molar-refractivity contribution in [3.63, 3.8) is 0 Å². The van der Waals surface area contributed by atoms with E-state index in [0.29, 0.717) is 6.54 Å². The van der Waals surface area contributed by atoms with E-state index in [4.69, 9.17) is 11.6 Å². The Hall–Kier alpha value is -1.27. The van der Waals surface area contributed by atoms with Gasteiger partial charge in [0, 0.05) is 21.8 Å². The molecule has 0 aliphatic rings. The quantitative estimate of drug-likeness (QED) is 0.858. The number of nitrogens with zero attached hydrogens (tertiary/aromatic N) is 1. The van der Waals surface area contributed by atoms with Crippen LogP contribution < -0.4 is 5.32 Å². The van der Waals surface area contributed by atoms with E-state index in [1.54, 1.807) is 6.20 Å². The molecule has 0 spiro atoms. The SMILES string of the molecule is CCc1ncc(CNc2ccc(Cl)cc2C(F)(F)F)s1. The molecule has 0 fully saturated rings. The number of anilines is 1. The van der Waals surface area contributed by atoms with Gasteiger partial charge in [0.25, 0.3) is 0 Å². The Morgan fingerprint density at radius 2 is 2.10 bits per heavy atom. The third-order valence-corrected chi connectivity index (χ3v) is 4.02. The molecule has 0 aliphatic heterocycles. The maximum Gasteiger partial charge on any atom is 0.418 e. The fourth-order valence-corrected chi connectivity index (χ4v) is 2.65. The van der Waals surface area contributed by atoms with Gasteiger partial charge in [-0.2, -0.15) is 13.2 Å². The minimum Gasteiger partial charge on any atom is -0.380 e. The van der Waals surface area contributed by atoms with Crippen LogP contribution in [0.4, 0.5) is 18.9 Å². The van der Waals surface area contributed by atoms with E-state index in [-0.39, 0.29) is 10.7 Å². The third kappa shape index (κ3) is 3.64. The van der Waals surface area contributed by atoms with Gasteiger partial charge in [-0.05, 0) is 24.6 Å². The van der Waals surface area contributed by atoms with Gasteiger partial charge in [0.15, 0.2) is 0 Å². The van der Waals surface area contributed by atoms with Crippen LogP contribution in [-0.4, -0.2) is 4.98 Å². The van der Waals surface area contributed by atoms with Gasteiger partial charge >= 0.3 is 6.18 Å². The van der Waals surface area contributed by atoms with Crippen LogP contribution >= 0.6 is 22.9 Å². The summed E-state index contributed by atoms with van der Waals surface area (Å²) in [4.78, 5) is 5.06. The van der Waals surface area contributed by atoms with Gasteiger partial charge in [0.05, 0.1) is 17.1 Å². The number of hydrogen-bond acceptors (Lipinski definition) is 3. The molecule has 0 bridgehead atoms. The molecule has 1 N–H and O–H groups in total.